The summed E-state index contributed by atoms with van der Waals surface area (Å²) in [6.07, 6.45) is 1.90. The first-order chi connectivity index (χ1) is 16.0. The van der Waals surface area contributed by atoms with E-state index in [-0.39, 0.29) is 17.4 Å². The second-order valence-corrected chi connectivity index (χ2v) is 9.79. The smallest absolute Gasteiger partial charge is 0.161 e. The van der Waals surface area contributed by atoms with Gasteiger partial charge in [0.25, 0.3) is 0 Å². The summed E-state index contributed by atoms with van der Waals surface area (Å²) in [5.41, 5.74) is 4.37. The molecule has 0 spiro atoms. The van der Waals surface area contributed by atoms with E-state index in [0.29, 0.717) is 40.3 Å². The highest BCUT2D eigenvalue weighted by atomic mass is 35.5. The molecule has 1 atom stereocenters. The van der Waals surface area contributed by atoms with E-state index < -0.39 is 5.92 Å². The maximum Gasteiger partial charge on any atom is 0.161 e. The van der Waals surface area contributed by atoms with Gasteiger partial charge in [-0.1, -0.05) is 53.6 Å². The Morgan fingerprint density at radius 2 is 1.91 bits per heavy atom. The number of benzene rings is 2. The Morgan fingerprint density at radius 1 is 1.12 bits per heavy atom. The van der Waals surface area contributed by atoms with Crippen molar-refractivity contribution in [2.24, 2.45) is 0 Å². The van der Waals surface area contributed by atoms with E-state index in [0.717, 1.165) is 22.6 Å². The van der Waals surface area contributed by atoms with Crippen LogP contribution < -0.4 is 4.90 Å². The molecule has 1 aliphatic heterocycles. The second-order valence-electron chi connectivity index (χ2n) is 8.38. The van der Waals surface area contributed by atoms with Crippen molar-refractivity contribution in [3.63, 3.8) is 0 Å². The third kappa shape index (κ3) is 3.81. The van der Waals surface area contributed by atoms with Crippen LogP contribution in [0.5, 0.6) is 0 Å². The van der Waals surface area contributed by atoms with Gasteiger partial charge in [-0.25, -0.2) is 0 Å². The van der Waals surface area contributed by atoms with Crippen LogP contribution in [0.15, 0.2) is 82.9 Å². The molecule has 0 fully saturated rings. The summed E-state index contributed by atoms with van der Waals surface area (Å²) in [7, 11) is 0. The molecule has 2 heterocycles. The first-order valence-electron chi connectivity index (χ1n) is 10.9. The van der Waals surface area contributed by atoms with Crippen LogP contribution in [-0.2, 0) is 4.79 Å². The molecule has 2 aliphatic rings. The van der Waals surface area contributed by atoms with Gasteiger partial charge in [0, 0.05) is 38.8 Å². The van der Waals surface area contributed by atoms with Gasteiger partial charge in [-0.05, 0) is 49.4 Å². The predicted molar refractivity (Wildman–Crippen MR) is 135 cm³/mol. The molecule has 0 bridgehead atoms. The lowest BCUT2D eigenvalue weighted by Crippen LogP contribution is -2.42. The molecule has 2 aromatic carbocycles. The number of ketones is 1. The number of aryl methyl sites for hydroxylation is 1. The first-order valence-corrected chi connectivity index (χ1v) is 12.2. The van der Waals surface area contributed by atoms with Gasteiger partial charge in [-0.3, -0.25) is 15.1 Å². The zero-order chi connectivity index (χ0) is 23.1. The molecule has 0 amide bonds. The molecule has 6 heteroatoms. The van der Waals surface area contributed by atoms with E-state index in [1.165, 1.54) is 11.3 Å². The summed E-state index contributed by atoms with van der Waals surface area (Å²) < 4.78 is 0. The average Bonchev–Trinajstić information content (AvgIpc) is 3.33. The lowest BCUT2D eigenvalue weighted by molar-refractivity contribution is -0.116. The molecule has 5 rings (SSSR count). The quantitative estimate of drug-likeness (QED) is 0.392. The van der Waals surface area contributed by atoms with Crippen molar-refractivity contribution in [3.8, 4) is 0 Å². The Hall–Kier alpha value is -3.15. The number of carbonyl (C=O) groups excluding carboxylic acids is 1. The molecule has 1 aliphatic carbocycles. The summed E-state index contributed by atoms with van der Waals surface area (Å²) in [5.74, 6) is -0.210. The summed E-state index contributed by atoms with van der Waals surface area (Å²) >= 11 is 7.83. The first kappa shape index (κ1) is 21.7. The topological polar surface area (TPSA) is 64.4 Å². The molecule has 1 aromatic heterocycles. The van der Waals surface area contributed by atoms with Crippen molar-refractivity contribution in [2.75, 3.05) is 4.90 Å². The van der Waals surface area contributed by atoms with Crippen LogP contribution in [0.2, 0.25) is 5.02 Å². The monoisotopic (exact) mass is 474 g/mol. The maximum absolute atomic E-state index is 13.4. The molecular formula is C27H23ClN2O2S. The van der Waals surface area contributed by atoms with Crippen LogP contribution in [0.3, 0.4) is 0 Å². The van der Waals surface area contributed by atoms with Crippen LogP contribution >= 0.6 is 22.9 Å². The van der Waals surface area contributed by atoms with Gasteiger partial charge in [0.1, 0.15) is 11.6 Å². The number of rotatable bonds is 3. The third-order valence-electron chi connectivity index (χ3n) is 6.23. The van der Waals surface area contributed by atoms with Gasteiger partial charge < -0.3 is 5.11 Å². The van der Waals surface area contributed by atoms with Gasteiger partial charge in [0.15, 0.2) is 5.78 Å². The SMILES string of the molecule is Cc1ccc(/C(O)=C2\C(=N)N(c3cccc(Cl)c3)C3=C(C(=O)CCC3)C2c2cccs2)cc1. The summed E-state index contributed by atoms with van der Waals surface area (Å²) in [5, 5.41) is 23.3. The van der Waals surface area contributed by atoms with Crippen LogP contribution in [0.4, 0.5) is 5.69 Å². The van der Waals surface area contributed by atoms with Gasteiger partial charge >= 0.3 is 0 Å². The molecular weight excluding hydrogens is 452 g/mol. The van der Waals surface area contributed by atoms with Crippen molar-refractivity contribution < 1.29 is 9.90 Å². The Labute approximate surface area is 202 Å². The van der Waals surface area contributed by atoms with E-state index >= 15 is 0 Å². The predicted octanol–water partition coefficient (Wildman–Crippen LogP) is 7.27. The number of hydrogen-bond donors (Lipinski definition) is 2. The number of halogens is 1. The van der Waals surface area contributed by atoms with Crippen molar-refractivity contribution in [1.29, 1.82) is 5.41 Å². The fourth-order valence-electron chi connectivity index (χ4n) is 4.70. The highest BCUT2D eigenvalue weighted by Crippen LogP contribution is 2.48. The minimum Gasteiger partial charge on any atom is -0.507 e. The number of hydrogen-bond acceptors (Lipinski definition) is 4. The average molecular weight is 475 g/mol. The zero-order valence-corrected chi connectivity index (χ0v) is 19.7. The second kappa shape index (κ2) is 8.65. The number of nitrogens with zero attached hydrogens (tertiary/aromatic N) is 1. The third-order valence-corrected chi connectivity index (χ3v) is 7.40. The maximum atomic E-state index is 13.4. The number of nitrogens with one attached hydrogen (secondary N) is 1. The van der Waals surface area contributed by atoms with Crippen LogP contribution in [0.1, 0.15) is 41.2 Å². The van der Waals surface area contributed by atoms with Crippen LogP contribution in [0.25, 0.3) is 5.76 Å². The summed E-state index contributed by atoms with van der Waals surface area (Å²) in [6, 6.07) is 18.8. The van der Waals surface area contributed by atoms with Crippen LogP contribution in [0, 0.1) is 12.3 Å². The lowest BCUT2D eigenvalue weighted by atomic mass is 9.76. The number of aliphatic hydroxyl groups excluding tert-OH is 1. The van der Waals surface area contributed by atoms with Gasteiger partial charge in [0.05, 0.1) is 11.5 Å². The number of thiophene rings is 1. The molecule has 0 saturated carbocycles. The van der Waals surface area contributed by atoms with Gasteiger partial charge in [-0.2, -0.15) is 0 Å². The number of allylic oxidation sites excluding steroid dienone is 2. The number of amidine groups is 1. The van der Waals surface area contributed by atoms with Gasteiger partial charge in [0.2, 0.25) is 0 Å². The molecule has 33 heavy (non-hydrogen) atoms. The molecule has 4 nitrogen and oxygen atoms in total. The Balaban J connectivity index is 1.81. The minimum absolute atomic E-state index is 0.0235. The molecule has 166 valence electrons. The number of anilines is 1. The number of aliphatic hydroxyl groups is 1. The van der Waals surface area contributed by atoms with Crippen molar-refractivity contribution in [1.82, 2.24) is 0 Å². The van der Waals surface area contributed by atoms with E-state index in [9.17, 15) is 15.3 Å². The number of carbonyl (C=O) groups is 1. The fraction of sp³-hybridized carbons (Fsp3) is 0.185. The largest absolute Gasteiger partial charge is 0.507 e. The van der Waals surface area contributed by atoms with Crippen molar-refractivity contribution in [2.45, 2.75) is 32.1 Å². The summed E-state index contributed by atoms with van der Waals surface area (Å²) in [6.45, 7) is 1.99. The van der Waals surface area contributed by atoms with E-state index in [2.05, 4.69) is 0 Å². The highest BCUT2D eigenvalue weighted by Gasteiger charge is 2.43. The van der Waals surface area contributed by atoms with E-state index in [1.54, 1.807) is 17.0 Å². The lowest BCUT2D eigenvalue weighted by Gasteiger charge is -2.41. The van der Waals surface area contributed by atoms with E-state index in [1.807, 2.05) is 60.8 Å². The van der Waals surface area contributed by atoms with Crippen molar-refractivity contribution in [3.05, 3.63) is 104 Å². The molecule has 3 aromatic rings. The Kier molecular flexibility index (Phi) is 5.69. The number of Topliss-reactive ketones (excluding diaryl/α,β-unsaturated/α-hetero) is 1. The Bertz CT molecular complexity index is 1310. The minimum atomic E-state index is -0.475. The molecule has 1 unspecified atom stereocenters. The zero-order valence-electron chi connectivity index (χ0n) is 18.1. The standard InChI is InChI=1S/C27H23ClN2O2S/c1-16-10-12-17(13-11-16)26(32)25-24(22-9-4-14-33-22)23-20(7-3-8-21(23)31)30(27(25)29)19-6-2-5-18(28)15-19/h2,4-6,9-15,24,29,32H,3,7-8H2,1H3/b26-25+,29-27?. The Morgan fingerprint density at radius 3 is 2.61 bits per heavy atom. The highest BCUT2D eigenvalue weighted by molar-refractivity contribution is 7.10. The summed E-state index contributed by atoms with van der Waals surface area (Å²) in [4.78, 5) is 16.1. The normalized spacial score (nSPS) is 20.2. The molecule has 0 saturated heterocycles. The van der Waals surface area contributed by atoms with E-state index in [4.69, 9.17) is 11.6 Å². The molecule has 0 radical (unpaired) electrons. The van der Waals surface area contributed by atoms with Crippen molar-refractivity contribution >= 4 is 46.0 Å². The molecule has 2 N–H and O–H groups in total. The fourth-order valence-corrected chi connectivity index (χ4v) is 5.73. The van der Waals surface area contributed by atoms with Crippen LogP contribution in [-0.4, -0.2) is 16.7 Å². The van der Waals surface area contributed by atoms with Gasteiger partial charge in [-0.15, -0.1) is 11.3 Å².